The summed E-state index contributed by atoms with van der Waals surface area (Å²) in [4.78, 5) is 6.49. The number of allylic oxidation sites excluding steroid dienone is 2. The molecule has 0 spiro atoms. The summed E-state index contributed by atoms with van der Waals surface area (Å²) >= 11 is 0. The van der Waals surface area contributed by atoms with Crippen LogP contribution in [0, 0.1) is 5.92 Å². The van der Waals surface area contributed by atoms with E-state index in [9.17, 15) is 0 Å². The van der Waals surface area contributed by atoms with Gasteiger partial charge in [0.15, 0.2) is 0 Å². The molecule has 0 aromatic heterocycles. The highest BCUT2D eigenvalue weighted by atomic mass is 16.5. The Balaban J connectivity index is 2.17. The van der Waals surface area contributed by atoms with Crippen LogP contribution < -0.4 is 0 Å². The van der Waals surface area contributed by atoms with Crippen molar-refractivity contribution in [3.63, 3.8) is 0 Å². The molecule has 1 aliphatic heterocycles. The normalized spacial score (nSPS) is 30.6. The lowest BCUT2D eigenvalue weighted by Gasteiger charge is -2.23. The van der Waals surface area contributed by atoms with Gasteiger partial charge in [0, 0.05) is 18.7 Å². The lowest BCUT2D eigenvalue weighted by atomic mass is 9.95. The van der Waals surface area contributed by atoms with E-state index >= 15 is 0 Å². The number of hydrogen-bond acceptors (Lipinski definition) is 3. The fourth-order valence-electron chi connectivity index (χ4n) is 1.75. The van der Waals surface area contributed by atoms with Crippen molar-refractivity contribution in [2.75, 3.05) is 13.8 Å². The van der Waals surface area contributed by atoms with Gasteiger partial charge >= 0.3 is 0 Å². The fraction of sp³-hybridized carbons (Fsp3) is 0.500. The maximum absolute atomic E-state index is 5.08. The quantitative estimate of drug-likeness (QED) is 0.638. The molecule has 2 aliphatic rings. The van der Waals surface area contributed by atoms with E-state index in [-0.39, 0.29) is 0 Å². The van der Waals surface area contributed by atoms with Gasteiger partial charge in [-0.05, 0) is 6.08 Å². The summed E-state index contributed by atoms with van der Waals surface area (Å²) in [6.45, 7) is 2.77. The van der Waals surface area contributed by atoms with E-state index in [0.717, 1.165) is 0 Å². The summed E-state index contributed by atoms with van der Waals surface area (Å²) in [5.74, 6) is 0.498. The van der Waals surface area contributed by atoms with E-state index in [1.54, 1.807) is 7.11 Å². The number of hydrogen-bond donors (Lipinski definition) is 0. The smallest absolute Gasteiger partial charge is 0.123 e. The van der Waals surface area contributed by atoms with E-state index in [0.29, 0.717) is 18.7 Å². The molecular formula is C10H14N2O. The third-order valence-electron chi connectivity index (χ3n) is 2.45. The SMILES string of the molecule is COCN1C=NC2C1=CC=CC2C. The average molecular weight is 178 g/mol. The molecule has 3 nitrogen and oxygen atoms in total. The summed E-state index contributed by atoms with van der Waals surface area (Å²) in [5, 5.41) is 0. The molecule has 2 rings (SSSR count). The first-order valence-electron chi connectivity index (χ1n) is 4.50. The van der Waals surface area contributed by atoms with Gasteiger partial charge in [0.2, 0.25) is 0 Å². The molecule has 0 aromatic rings. The van der Waals surface area contributed by atoms with E-state index in [4.69, 9.17) is 4.74 Å². The number of ether oxygens (including phenoxy) is 1. The van der Waals surface area contributed by atoms with Crippen LogP contribution >= 0.6 is 0 Å². The molecular weight excluding hydrogens is 164 g/mol. The van der Waals surface area contributed by atoms with Gasteiger partial charge in [0.05, 0.1) is 12.4 Å². The zero-order valence-electron chi connectivity index (χ0n) is 7.97. The summed E-state index contributed by atoms with van der Waals surface area (Å²) in [7, 11) is 1.70. The first-order valence-corrected chi connectivity index (χ1v) is 4.50. The van der Waals surface area contributed by atoms with E-state index in [1.165, 1.54) is 5.70 Å². The fourth-order valence-corrected chi connectivity index (χ4v) is 1.75. The van der Waals surface area contributed by atoms with Crippen LogP contribution in [0.4, 0.5) is 0 Å². The predicted octanol–water partition coefficient (Wildman–Crippen LogP) is 1.39. The average Bonchev–Trinajstić information content (AvgIpc) is 2.51. The Morgan fingerprint density at radius 2 is 2.46 bits per heavy atom. The van der Waals surface area contributed by atoms with Crippen LogP contribution in [0.25, 0.3) is 0 Å². The Bertz CT molecular complexity index is 281. The topological polar surface area (TPSA) is 24.8 Å². The second-order valence-corrected chi connectivity index (χ2v) is 3.43. The van der Waals surface area contributed by atoms with Gasteiger partial charge in [0.1, 0.15) is 6.73 Å². The third-order valence-corrected chi connectivity index (χ3v) is 2.45. The number of aliphatic imine (C=N–C) groups is 1. The van der Waals surface area contributed by atoms with E-state index < -0.39 is 0 Å². The molecule has 0 amide bonds. The molecule has 13 heavy (non-hydrogen) atoms. The van der Waals surface area contributed by atoms with Gasteiger partial charge in [-0.1, -0.05) is 19.1 Å². The monoisotopic (exact) mass is 178 g/mol. The lowest BCUT2D eigenvalue weighted by Crippen LogP contribution is -2.27. The molecule has 0 N–H and O–H groups in total. The minimum Gasteiger partial charge on any atom is -0.364 e. The van der Waals surface area contributed by atoms with Crippen LogP contribution in [0.1, 0.15) is 6.92 Å². The van der Waals surface area contributed by atoms with Gasteiger partial charge in [-0.25, -0.2) is 0 Å². The second-order valence-electron chi connectivity index (χ2n) is 3.43. The zero-order valence-corrected chi connectivity index (χ0v) is 7.97. The van der Waals surface area contributed by atoms with Crippen LogP contribution in [0.2, 0.25) is 0 Å². The zero-order chi connectivity index (χ0) is 9.26. The molecule has 1 aliphatic carbocycles. The van der Waals surface area contributed by atoms with Gasteiger partial charge in [0.25, 0.3) is 0 Å². The molecule has 0 bridgehead atoms. The van der Waals surface area contributed by atoms with Gasteiger partial charge in [-0.15, -0.1) is 0 Å². The van der Waals surface area contributed by atoms with Crippen molar-refractivity contribution in [1.29, 1.82) is 0 Å². The standard InChI is InChI=1S/C10H14N2O/c1-8-4-3-5-9-10(8)11-6-12(9)7-13-2/h3-6,8,10H,7H2,1-2H3. The van der Waals surface area contributed by atoms with Crippen LogP contribution in [0.15, 0.2) is 28.9 Å². The Hall–Kier alpha value is -1.09. The molecule has 0 fully saturated rings. The molecule has 2 unspecified atom stereocenters. The van der Waals surface area contributed by atoms with Crippen LogP contribution in [0.3, 0.4) is 0 Å². The van der Waals surface area contributed by atoms with Gasteiger partial charge in [-0.3, -0.25) is 4.99 Å². The second kappa shape index (κ2) is 3.34. The van der Waals surface area contributed by atoms with Crippen molar-refractivity contribution in [2.24, 2.45) is 10.9 Å². The van der Waals surface area contributed by atoms with Crippen molar-refractivity contribution in [3.05, 3.63) is 23.9 Å². The first-order chi connectivity index (χ1) is 6.33. The molecule has 0 aromatic carbocycles. The molecule has 0 saturated carbocycles. The minimum absolute atomic E-state index is 0.306. The summed E-state index contributed by atoms with van der Waals surface area (Å²) in [5.41, 5.74) is 1.25. The number of nitrogens with zero attached hydrogens (tertiary/aromatic N) is 2. The van der Waals surface area contributed by atoms with Gasteiger partial charge < -0.3 is 9.64 Å². The van der Waals surface area contributed by atoms with Crippen LogP contribution in [-0.4, -0.2) is 31.1 Å². The third kappa shape index (κ3) is 1.40. The molecule has 2 atom stereocenters. The molecule has 0 radical (unpaired) electrons. The Kier molecular flexibility index (Phi) is 2.19. The maximum Gasteiger partial charge on any atom is 0.123 e. The number of methoxy groups -OCH3 is 1. The van der Waals surface area contributed by atoms with E-state index in [1.807, 2.05) is 11.2 Å². The van der Waals surface area contributed by atoms with Crippen molar-refractivity contribution in [2.45, 2.75) is 13.0 Å². The number of rotatable bonds is 2. The maximum atomic E-state index is 5.08. The summed E-state index contributed by atoms with van der Waals surface area (Å²) < 4.78 is 5.08. The molecule has 0 saturated heterocycles. The highest BCUT2D eigenvalue weighted by Crippen LogP contribution is 2.28. The van der Waals surface area contributed by atoms with Gasteiger partial charge in [-0.2, -0.15) is 0 Å². The van der Waals surface area contributed by atoms with Crippen molar-refractivity contribution in [1.82, 2.24) is 4.90 Å². The largest absolute Gasteiger partial charge is 0.364 e. The predicted molar refractivity (Wildman–Crippen MR) is 52.4 cm³/mol. The highest BCUT2D eigenvalue weighted by Gasteiger charge is 2.28. The highest BCUT2D eigenvalue weighted by molar-refractivity contribution is 5.64. The lowest BCUT2D eigenvalue weighted by molar-refractivity contribution is 0.130. The van der Waals surface area contributed by atoms with Crippen molar-refractivity contribution >= 4 is 6.34 Å². The number of fused-ring (bicyclic) bond motifs is 1. The Labute approximate surface area is 78.4 Å². The van der Waals surface area contributed by atoms with Crippen LogP contribution in [-0.2, 0) is 4.74 Å². The summed E-state index contributed by atoms with van der Waals surface area (Å²) in [6, 6.07) is 0.306. The Morgan fingerprint density at radius 3 is 3.23 bits per heavy atom. The molecule has 70 valence electrons. The van der Waals surface area contributed by atoms with Crippen molar-refractivity contribution in [3.8, 4) is 0 Å². The first kappa shape index (κ1) is 8.51. The van der Waals surface area contributed by atoms with Crippen molar-refractivity contribution < 1.29 is 4.74 Å². The Morgan fingerprint density at radius 1 is 1.62 bits per heavy atom. The minimum atomic E-state index is 0.306. The van der Waals surface area contributed by atoms with Crippen LogP contribution in [0.5, 0.6) is 0 Å². The summed E-state index contributed by atoms with van der Waals surface area (Å²) in [6.07, 6.45) is 8.25. The van der Waals surface area contributed by atoms with E-state index in [2.05, 4.69) is 30.1 Å². The molecule has 3 heteroatoms. The molecule has 1 heterocycles.